The van der Waals surface area contributed by atoms with Crippen molar-refractivity contribution in [1.82, 2.24) is 16.0 Å². The third-order valence-corrected chi connectivity index (χ3v) is 8.32. The van der Waals surface area contributed by atoms with Gasteiger partial charge in [-0.2, -0.15) is 0 Å². The first-order valence-corrected chi connectivity index (χ1v) is 19.1. The zero-order chi connectivity index (χ0) is 35.5. The molecule has 0 aromatic heterocycles. The lowest BCUT2D eigenvalue weighted by atomic mass is 9.97. The molecular weight excluding hydrogens is 586 g/mol. The maximum absolute atomic E-state index is 13.7. The number of unbranched alkanes of at least 4 members (excludes halogenated alkanes) is 14. The van der Waals surface area contributed by atoms with Crippen molar-refractivity contribution in [3.05, 3.63) is 25.3 Å². The zero-order valence-electron chi connectivity index (χ0n) is 31.7. The fourth-order valence-corrected chi connectivity index (χ4v) is 5.85. The van der Waals surface area contributed by atoms with E-state index in [-0.39, 0.29) is 29.7 Å². The van der Waals surface area contributed by atoms with Gasteiger partial charge >= 0.3 is 6.09 Å². The van der Waals surface area contributed by atoms with E-state index in [1.54, 1.807) is 20.8 Å². The van der Waals surface area contributed by atoms with E-state index < -0.39 is 23.8 Å². The molecule has 0 fully saturated rings. The molecule has 3 N–H and O–H groups in total. The maximum atomic E-state index is 13.7. The van der Waals surface area contributed by atoms with Crippen LogP contribution in [0.25, 0.3) is 0 Å². The smallest absolute Gasteiger partial charge is 0.408 e. The molecule has 0 radical (unpaired) electrons. The highest BCUT2D eigenvalue weighted by Crippen LogP contribution is 2.17. The molecule has 0 bridgehead atoms. The number of nitrogens with one attached hydrogen (secondary N) is 3. The lowest BCUT2D eigenvalue weighted by Gasteiger charge is -2.28. The van der Waals surface area contributed by atoms with E-state index in [2.05, 4.69) is 43.0 Å². The van der Waals surface area contributed by atoms with Crippen molar-refractivity contribution in [2.24, 2.45) is 11.8 Å². The Hall–Kier alpha value is -2.31. The van der Waals surface area contributed by atoms with Gasteiger partial charge in [0.25, 0.3) is 0 Å². The van der Waals surface area contributed by atoms with Crippen molar-refractivity contribution in [2.75, 3.05) is 0 Å². The molecule has 274 valence electrons. The van der Waals surface area contributed by atoms with Crippen LogP contribution < -0.4 is 16.0 Å². The van der Waals surface area contributed by atoms with Crippen molar-refractivity contribution in [2.45, 2.75) is 201 Å². The van der Waals surface area contributed by atoms with Crippen LogP contribution in [-0.2, 0) is 14.3 Å². The van der Waals surface area contributed by atoms with E-state index in [1.165, 1.54) is 77.0 Å². The Bertz CT molecular complexity index is 823. The number of amides is 3. The predicted octanol–water partition coefficient (Wildman–Crippen LogP) is 10.3. The minimum absolute atomic E-state index is 0.0978. The number of rotatable bonds is 29. The number of ether oxygens (including phenoxy) is 1. The number of allylic oxidation sites excluding steroid dienone is 2. The minimum Gasteiger partial charge on any atom is -0.444 e. The lowest BCUT2D eigenvalue weighted by Crippen LogP contribution is -2.55. The molecule has 0 spiro atoms. The highest BCUT2D eigenvalue weighted by molar-refractivity contribution is 5.91. The van der Waals surface area contributed by atoms with E-state index in [0.29, 0.717) is 12.8 Å². The van der Waals surface area contributed by atoms with Gasteiger partial charge in [-0.25, -0.2) is 4.79 Å². The summed E-state index contributed by atoms with van der Waals surface area (Å²) in [5, 5.41) is 9.10. The van der Waals surface area contributed by atoms with Crippen molar-refractivity contribution < 1.29 is 19.1 Å². The summed E-state index contributed by atoms with van der Waals surface area (Å²) in [6, 6.07) is -1.34. The summed E-state index contributed by atoms with van der Waals surface area (Å²) >= 11 is 0. The van der Waals surface area contributed by atoms with Crippen LogP contribution in [0.15, 0.2) is 25.3 Å². The Morgan fingerprint density at radius 1 is 0.574 bits per heavy atom. The number of hydrogen-bond acceptors (Lipinski definition) is 4. The number of hydrogen-bond donors (Lipinski definition) is 3. The lowest BCUT2D eigenvalue weighted by molar-refractivity contribution is -0.131. The summed E-state index contributed by atoms with van der Waals surface area (Å²) in [7, 11) is 0. The van der Waals surface area contributed by atoms with Gasteiger partial charge in [-0.15, -0.1) is 13.2 Å². The van der Waals surface area contributed by atoms with Crippen molar-refractivity contribution in [3.63, 3.8) is 0 Å². The Labute approximate surface area is 290 Å². The van der Waals surface area contributed by atoms with Crippen LogP contribution in [0.1, 0.15) is 177 Å². The summed E-state index contributed by atoms with van der Waals surface area (Å²) in [5.74, 6) is -0.0864. The summed E-state index contributed by atoms with van der Waals surface area (Å²) in [6.07, 6.45) is 25.6. The standard InChI is InChI=1S/C40H75N3O4/c1-10-12-14-16-18-20-22-24-26-28-34(29-27-25-23-21-19-17-15-13-11-2)41-37(44)35(30-32(3)4)42-38(45)36(31-33(5)6)43-39(46)47-40(7,8)9/h10-11,32-36H,1-2,12-31H2,3-9H3,(H,41,44)(H,42,45)(H,43,46)/t35-,36-/m0/s1. The fourth-order valence-electron chi connectivity index (χ4n) is 5.85. The molecule has 0 saturated carbocycles. The predicted molar refractivity (Wildman–Crippen MR) is 199 cm³/mol. The number of carbonyl (C=O) groups is 3. The summed E-state index contributed by atoms with van der Waals surface area (Å²) in [6.45, 7) is 21.1. The Morgan fingerprint density at radius 2 is 0.936 bits per heavy atom. The van der Waals surface area contributed by atoms with Crippen LogP contribution in [0.5, 0.6) is 0 Å². The largest absolute Gasteiger partial charge is 0.444 e. The first-order valence-electron chi connectivity index (χ1n) is 19.1. The Balaban J connectivity index is 5.31. The molecule has 0 aliphatic carbocycles. The Kier molecular flexibility index (Phi) is 26.3. The highest BCUT2D eigenvalue weighted by atomic mass is 16.6. The zero-order valence-corrected chi connectivity index (χ0v) is 31.7. The fraction of sp³-hybridized carbons (Fsp3) is 0.825. The molecule has 0 aliphatic rings. The molecule has 7 nitrogen and oxygen atoms in total. The first kappa shape index (κ1) is 44.7. The molecule has 0 unspecified atom stereocenters. The van der Waals surface area contributed by atoms with Crippen molar-refractivity contribution >= 4 is 17.9 Å². The van der Waals surface area contributed by atoms with Gasteiger partial charge in [0, 0.05) is 6.04 Å². The second kappa shape index (κ2) is 27.6. The van der Waals surface area contributed by atoms with Gasteiger partial charge in [0.1, 0.15) is 17.7 Å². The van der Waals surface area contributed by atoms with Crippen LogP contribution in [0.3, 0.4) is 0 Å². The third-order valence-electron chi connectivity index (χ3n) is 8.32. The molecule has 0 aliphatic heterocycles. The minimum atomic E-state index is -0.781. The van der Waals surface area contributed by atoms with Crippen LogP contribution in [-0.4, -0.2) is 41.6 Å². The molecule has 2 atom stereocenters. The molecule has 3 amide bonds. The summed E-state index contributed by atoms with van der Waals surface area (Å²) in [4.78, 5) is 39.8. The van der Waals surface area contributed by atoms with E-state index in [9.17, 15) is 14.4 Å². The SMILES string of the molecule is C=CCCCCCCCCCC(CCCCCCCCCC=C)NC(=O)[C@H](CC(C)C)NC(=O)[C@H](CC(C)C)NC(=O)OC(C)(C)C. The van der Waals surface area contributed by atoms with Crippen molar-refractivity contribution in [1.29, 1.82) is 0 Å². The normalized spacial score (nSPS) is 13.0. The van der Waals surface area contributed by atoms with Crippen molar-refractivity contribution in [3.8, 4) is 0 Å². The summed E-state index contributed by atoms with van der Waals surface area (Å²) < 4.78 is 5.42. The third kappa shape index (κ3) is 27.4. The average Bonchev–Trinajstić information content (AvgIpc) is 2.97. The monoisotopic (exact) mass is 662 g/mol. The first-order chi connectivity index (χ1) is 22.3. The van der Waals surface area contributed by atoms with Crippen LogP contribution in [0.2, 0.25) is 0 Å². The van der Waals surface area contributed by atoms with Crippen LogP contribution >= 0.6 is 0 Å². The van der Waals surface area contributed by atoms with Gasteiger partial charge in [0.05, 0.1) is 0 Å². The quantitative estimate of drug-likeness (QED) is 0.0549. The number of alkyl carbamates (subject to hydrolysis) is 1. The van der Waals surface area contributed by atoms with E-state index in [0.717, 1.165) is 38.5 Å². The van der Waals surface area contributed by atoms with Gasteiger partial charge in [0.2, 0.25) is 11.8 Å². The Morgan fingerprint density at radius 3 is 1.32 bits per heavy atom. The maximum Gasteiger partial charge on any atom is 0.408 e. The van der Waals surface area contributed by atoms with E-state index in [4.69, 9.17) is 4.74 Å². The average molecular weight is 662 g/mol. The van der Waals surface area contributed by atoms with Crippen LogP contribution in [0, 0.1) is 11.8 Å². The van der Waals surface area contributed by atoms with Gasteiger partial charge in [-0.1, -0.05) is 117 Å². The molecule has 0 aromatic rings. The molecular formula is C40H75N3O4. The molecule has 0 saturated heterocycles. The van der Waals surface area contributed by atoms with E-state index >= 15 is 0 Å². The molecule has 47 heavy (non-hydrogen) atoms. The molecule has 0 aromatic carbocycles. The second-order valence-corrected chi connectivity index (χ2v) is 15.4. The van der Waals surface area contributed by atoms with Gasteiger partial charge < -0.3 is 20.7 Å². The topological polar surface area (TPSA) is 96.5 Å². The molecule has 7 heteroatoms. The van der Waals surface area contributed by atoms with Crippen LogP contribution in [0.4, 0.5) is 4.79 Å². The number of carbonyl (C=O) groups excluding carboxylic acids is 3. The summed E-state index contributed by atoms with van der Waals surface area (Å²) in [5.41, 5.74) is -0.672. The van der Waals surface area contributed by atoms with E-state index in [1.807, 2.05) is 26.0 Å². The van der Waals surface area contributed by atoms with Gasteiger partial charge in [-0.3, -0.25) is 9.59 Å². The molecule has 0 heterocycles. The molecule has 0 rings (SSSR count). The second-order valence-electron chi connectivity index (χ2n) is 15.4. The highest BCUT2D eigenvalue weighted by Gasteiger charge is 2.30. The van der Waals surface area contributed by atoms with Gasteiger partial charge in [-0.05, 0) is 84.0 Å². The van der Waals surface area contributed by atoms with Gasteiger partial charge in [0.15, 0.2) is 0 Å².